The lowest BCUT2D eigenvalue weighted by molar-refractivity contribution is 0.446. The standard InChI is InChI=1S/C11H10F3N3/c1-15-4-7-5-16-17(6-7)8-2-9(12)11(14)10(13)3-8/h2-3,5-6,15H,4H2,1H3. The van der Waals surface area contributed by atoms with E-state index < -0.39 is 17.5 Å². The summed E-state index contributed by atoms with van der Waals surface area (Å²) in [7, 11) is 1.77. The molecular weight excluding hydrogens is 231 g/mol. The van der Waals surface area contributed by atoms with Crippen LogP contribution in [0.2, 0.25) is 0 Å². The van der Waals surface area contributed by atoms with Crippen LogP contribution in [0.4, 0.5) is 13.2 Å². The largest absolute Gasteiger partial charge is 0.316 e. The molecule has 0 aliphatic heterocycles. The van der Waals surface area contributed by atoms with E-state index in [2.05, 4.69) is 10.4 Å². The van der Waals surface area contributed by atoms with Crippen molar-refractivity contribution in [3.05, 3.63) is 47.5 Å². The second kappa shape index (κ2) is 4.58. The van der Waals surface area contributed by atoms with Crippen LogP contribution in [-0.2, 0) is 6.54 Å². The molecule has 3 nitrogen and oxygen atoms in total. The molecule has 17 heavy (non-hydrogen) atoms. The Bertz CT molecular complexity index is 514. The van der Waals surface area contributed by atoms with E-state index in [-0.39, 0.29) is 5.69 Å². The summed E-state index contributed by atoms with van der Waals surface area (Å²) in [6, 6.07) is 1.79. The van der Waals surface area contributed by atoms with E-state index in [1.807, 2.05) is 0 Å². The van der Waals surface area contributed by atoms with Crippen molar-refractivity contribution in [3.63, 3.8) is 0 Å². The van der Waals surface area contributed by atoms with Crippen molar-refractivity contribution >= 4 is 0 Å². The normalized spacial score (nSPS) is 10.8. The van der Waals surface area contributed by atoms with E-state index in [0.29, 0.717) is 6.54 Å². The van der Waals surface area contributed by atoms with E-state index in [1.54, 1.807) is 19.4 Å². The molecule has 0 bridgehead atoms. The fourth-order valence-corrected chi connectivity index (χ4v) is 1.47. The molecule has 0 radical (unpaired) electrons. The van der Waals surface area contributed by atoms with E-state index in [4.69, 9.17) is 0 Å². The fourth-order valence-electron chi connectivity index (χ4n) is 1.47. The quantitative estimate of drug-likeness (QED) is 0.833. The van der Waals surface area contributed by atoms with Crippen LogP contribution in [-0.4, -0.2) is 16.8 Å². The minimum absolute atomic E-state index is 0.142. The molecule has 0 aliphatic rings. The Morgan fingerprint density at radius 3 is 2.47 bits per heavy atom. The Morgan fingerprint density at radius 1 is 1.24 bits per heavy atom. The van der Waals surface area contributed by atoms with E-state index in [1.165, 1.54) is 4.68 Å². The predicted molar refractivity (Wildman–Crippen MR) is 56.2 cm³/mol. The first-order valence-corrected chi connectivity index (χ1v) is 4.95. The average molecular weight is 241 g/mol. The van der Waals surface area contributed by atoms with Crippen molar-refractivity contribution < 1.29 is 13.2 Å². The number of nitrogens with one attached hydrogen (secondary N) is 1. The van der Waals surface area contributed by atoms with Crippen molar-refractivity contribution in [1.82, 2.24) is 15.1 Å². The maximum atomic E-state index is 13.0. The lowest BCUT2D eigenvalue weighted by Crippen LogP contribution is -2.04. The van der Waals surface area contributed by atoms with Gasteiger partial charge in [-0.2, -0.15) is 5.10 Å². The van der Waals surface area contributed by atoms with Gasteiger partial charge in [0.2, 0.25) is 0 Å². The molecule has 1 N–H and O–H groups in total. The SMILES string of the molecule is CNCc1cnn(-c2cc(F)c(F)c(F)c2)c1. The first-order valence-electron chi connectivity index (χ1n) is 4.95. The summed E-state index contributed by atoms with van der Waals surface area (Å²) in [4.78, 5) is 0. The van der Waals surface area contributed by atoms with Crippen LogP contribution < -0.4 is 5.32 Å². The van der Waals surface area contributed by atoms with Crippen LogP contribution in [0.25, 0.3) is 5.69 Å². The summed E-state index contributed by atoms with van der Waals surface area (Å²) in [5.74, 6) is -3.94. The summed E-state index contributed by atoms with van der Waals surface area (Å²) in [6.07, 6.45) is 3.18. The van der Waals surface area contributed by atoms with E-state index in [9.17, 15) is 13.2 Å². The number of benzene rings is 1. The summed E-state index contributed by atoms with van der Waals surface area (Å²) >= 11 is 0. The van der Waals surface area contributed by atoms with Crippen molar-refractivity contribution in [2.75, 3.05) is 7.05 Å². The molecule has 1 heterocycles. The smallest absolute Gasteiger partial charge is 0.194 e. The van der Waals surface area contributed by atoms with Gasteiger partial charge in [0.1, 0.15) is 0 Å². The first kappa shape index (κ1) is 11.7. The molecule has 0 amide bonds. The van der Waals surface area contributed by atoms with Crippen LogP contribution in [0.1, 0.15) is 5.56 Å². The molecule has 0 spiro atoms. The third-order valence-corrected chi connectivity index (χ3v) is 2.25. The monoisotopic (exact) mass is 241 g/mol. The van der Waals surface area contributed by atoms with Gasteiger partial charge in [0.25, 0.3) is 0 Å². The zero-order valence-corrected chi connectivity index (χ0v) is 9.04. The maximum absolute atomic E-state index is 13.0. The van der Waals surface area contributed by atoms with Crippen LogP contribution in [0.3, 0.4) is 0 Å². The minimum atomic E-state index is -1.48. The summed E-state index contributed by atoms with van der Waals surface area (Å²) in [5, 5.41) is 6.86. The topological polar surface area (TPSA) is 29.9 Å². The number of halogens is 3. The number of hydrogen-bond donors (Lipinski definition) is 1. The van der Waals surface area contributed by atoms with Crippen molar-refractivity contribution in [1.29, 1.82) is 0 Å². The van der Waals surface area contributed by atoms with Gasteiger partial charge in [0, 0.05) is 30.4 Å². The van der Waals surface area contributed by atoms with Crippen LogP contribution in [0.15, 0.2) is 24.5 Å². The highest BCUT2D eigenvalue weighted by molar-refractivity contribution is 5.33. The van der Waals surface area contributed by atoms with E-state index >= 15 is 0 Å². The van der Waals surface area contributed by atoms with Crippen molar-refractivity contribution in [2.45, 2.75) is 6.54 Å². The van der Waals surface area contributed by atoms with Crippen molar-refractivity contribution in [3.8, 4) is 5.69 Å². The molecule has 0 unspecified atom stereocenters. The third-order valence-electron chi connectivity index (χ3n) is 2.25. The van der Waals surface area contributed by atoms with Gasteiger partial charge in [-0.1, -0.05) is 0 Å². The van der Waals surface area contributed by atoms with Gasteiger partial charge in [0.15, 0.2) is 17.5 Å². The second-order valence-electron chi connectivity index (χ2n) is 3.55. The van der Waals surface area contributed by atoms with Gasteiger partial charge in [0.05, 0.1) is 11.9 Å². The fraction of sp³-hybridized carbons (Fsp3) is 0.182. The Balaban J connectivity index is 2.39. The molecule has 1 aromatic carbocycles. The van der Waals surface area contributed by atoms with Crippen LogP contribution in [0, 0.1) is 17.5 Å². The molecule has 0 saturated carbocycles. The van der Waals surface area contributed by atoms with Gasteiger partial charge in [-0.15, -0.1) is 0 Å². The predicted octanol–water partition coefficient (Wildman–Crippen LogP) is 2.01. The van der Waals surface area contributed by atoms with Gasteiger partial charge in [-0.05, 0) is 7.05 Å². The summed E-state index contributed by atoms with van der Waals surface area (Å²) < 4.78 is 40.1. The number of hydrogen-bond acceptors (Lipinski definition) is 2. The Kier molecular flexibility index (Phi) is 3.14. The summed E-state index contributed by atoms with van der Waals surface area (Å²) in [5.41, 5.74) is 1.00. The number of nitrogens with zero attached hydrogens (tertiary/aromatic N) is 2. The molecule has 0 atom stereocenters. The average Bonchev–Trinajstić information content (AvgIpc) is 2.74. The van der Waals surface area contributed by atoms with Crippen molar-refractivity contribution in [2.24, 2.45) is 0 Å². The Labute approximate surface area is 95.9 Å². The maximum Gasteiger partial charge on any atom is 0.194 e. The molecule has 0 fully saturated rings. The molecule has 0 saturated heterocycles. The van der Waals surface area contributed by atoms with Crippen LogP contribution in [0.5, 0.6) is 0 Å². The van der Waals surface area contributed by atoms with Gasteiger partial charge in [-0.25, -0.2) is 17.9 Å². The lowest BCUT2D eigenvalue weighted by atomic mass is 10.3. The molecule has 90 valence electrons. The minimum Gasteiger partial charge on any atom is -0.316 e. The summed E-state index contributed by atoms with van der Waals surface area (Å²) in [6.45, 7) is 0.589. The lowest BCUT2D eigenvalue weighted by Gasteiger charge is -2.02. The highest BCUT2D eigenvalue weighted by Crippen LogP contribution is 2.16. The highest BCUT2D eigenvalue weighted by Gasteiger charge is 2.12. The molecular formula is C11H10F3N3. The first-order chi connectivity index (χ1) is 8.11. The van der Waals surface area contributed by atoms with Gasteiger partial charge < -0.3 is 5.32 Å². The molecule has 6 heteroatoms. The molecule has 2 rings (SSSR count). The van der Waals surface area contributed by atoms with Gasteiger partial charge in [-0.3, -0.25) is 0 Å². The van der Waals surface area contributed by atoms with Gasteiger partial charge >= 0.3 is 0 Å². The Hall–Kier alpha value is -1.82. The van der Waals surface area contributed by atoms with E-state index in [0.717, 1.165) is 17.7 Å². The number of aromatic nitrogens is 2. The zero-order valence-electron chi connectivity index (χ0n) is 9.04. The molecule has 1 aromatic heterocycles. The second-order valence-corrected chi connectivity index (χ2v) is 3.55. The zero-order chi connectivity index (χ0) is 12.4. The van der Waals surface area contributed by atoms with Crippen LogP contribution >= 0.6 is 0 Å². The third kappa shape index (κ3) is 2.31. The number of rotatable bonds is 3. The Morgan fingerprint density at radius 2 is 1.88 bits per heavy atom. The highest BCUT2D eigenvalue weighted by atomic mass is 19.2. The molecule has 2 aromatic rings. The molecule has 0 aliphatic carbocycles.